The maximum atomic E-state index is 5.54. The standard InChI is InChI=1S/C17H21N5S/c23-17(20-16-5-2-7-19-13-16)22-9-3-8-21(10-11-22)14-15-4-1-6-18-12-15/h1-2,4-7,12-13H,3,8-11,14H2,(H,20,23). The van der Waals surface area contributed by atoms with Crippen LogP contribution in [0.25, 0.3) is 0 Å². The van der Waals surface area contributed by atoms with Crippen molar-refractivity contribution in [1.29, 1.82) is 0 Å². The molecular formula is C17H21N5S. The summed E-state index contributed by atoms with van der Waals surface area (Å²) in [5, 5.41) is 4.05. The van der Waals surface area contributed by atoms with Gasteiger partial charge in [0.2, 0.25) is 0 Å². The lowest BCUT2D eigenvalue weighted by molar-refractivity contribution is 0.278. The van der Waals surface area contributed by atoms with E-state index in [1.54, 1.807) is 12.4 Å². The summed E-state index contributed by atoms with van der Waals surface area (Å²) in [5.74, 6) is 0. The molecule has 1 aliphatic heterocycles. The summed E-state index contributed by atoms with van der Waals surface area (Å²) in [7, 11) is 0. The van der Waals surface area contributed by atoms with Gasteiger partial charge in [-0.25, -0.2) is 0 Å². The molecule has 0 radical (unpaired) electrons. The molecule has 1 aliphatic rings. The average molecular weight is 327 g/mol. The Hall–Kier alpha value is -2.05. The van der Waals surface area contributed by atoms with E-state index < -0.39 is 0 Å². The van der Waals surface area contributed by atoms with Crippen molar-refractivity contribution in [2.45, 2.75) is 13.0 Å². The fourth-order valence-electron chi connectivity index (χ4n) is 2.72. The van der Waals surface area contributed by atoms with Crippen LogP contribution in [0.3, 0.4) is 0 Å². The van der Waals surface area contributed by atoms with Crippen molar-refractivity contribution in [3.8, 4) is 0 Å². The first-order valence-electron chi connectivity index (χ1n) is 7.88. The molecule has 2 aromatic heterocycles. The Labute approximate surface area is 142 Å². The second kappa shape index (κ2) is 7.99. The van der Waals surface area contributed by atoms with Gasteiger partial charge in [-0.1, -0.05) is 6.07 Å². The van der Waals surface area contributed by atoms with Crippen LogP contribution in [0.15, 0.2) is 49.1 Å². The first-order chi connectivity index (χ1) is 11.3. The smallest absolute Gasteiger partial charge is 0.173 e. The number of pyridine rings is 2. The van der Waals surface area contributed by atoms with Gasteiger partial charge in [0, 0.05) is 51.3 Å². The number of nitrogens with one attached hydrogen (secondary N) is 1. The molecule has 0 aliphatic carbocycles. The van der Waals surface area contributed by atoms with E-state index in [0.717, 1.165) is 49.9 Å². The predicted molar refractivity (Wildman–Crippen MR) is 96.2 cm³/mol. The topological polar surface area (TPSA) is 44.3 Å². The van der Waals surface area contributed by atoms with E-state index in [0.29, 0.717) is 0 Å². The van der Waals surface area contributed by atoms with E-state index in [1.165, 1.54) is 5.56 Å². The van der Waals surface area contributed by atoms with Crippen LogP contribution in [-0.2, 0) is 6.54 Å². The van der Waals surface area contributed by atoms with Gasteiger partial charge in [-0.05, 0) is 42.4 Å². The fraction of sp³-hybridized carbons (Fsp3) is 0.353. The molecule has 0 saturated carbocycles. The molecule has 6 heteroatoms. The number of hydrogen-bond acceptors (Lipinski definition) is 4. The molecule has 0 unspecified atom stereocenters. The summed E-state index contributed by atoms with van der Waals surface area (Å²) in [6.07, 6.45) is 8.41. The third-order valence-electron chi connectivity index (χ3n) is 3.92. The maximum absolute atomic E-state index is 5.54. The van der Waals surface area contributed by atoms with Crippen LogP contribution >= 0.6 is 12.2 Å². The van der Waals surface area contributed by atoms with Crippen molar-refractivity contribution in [2.24, 2.45) is 0 Å². The summed E-state index contributed by atoms with van der Waals surface area (Å²) >= 11 is 5.54. The van der Waals surface area contributed by atoms with Gasteiger partial charge in [0.1, 0.15) is 0 Å². The van der Waals surface area contributed by atoms with Gasteiger partial charge in [0.15, 0.2) is 5.11 Å². The Kier molecular flexibility index (Phi) is 5.50. The Morgan fingerprint density at radius 2 is 1.87 bits per heavy atom. The van der Waals surface area contributed by atoms with Crippen molar-refractivity contribution < 1.29 is 0 Å². The van der Waals surface area contributed by atoms with E-state index in [2.05, 4.69) is 31.2 Å². The summed E-state index contributed by atoms with van der Waals surface area (Å²) in [5.41, 5.74) is 2.20. The highest BCUT2D eigenvalue weighted by Crippen LogP contribution is 2.10. The molecule has 0 amide bonds. The number of nitrogens with zero attached hydrogens (tertiary/aromatic N) is 4. The second-order valence-electron chi connectivity index (χ2n) is 5.65. The average Bonchev–Trinajstić information content (AvgIpc) is 2.82. The predicted octanol–water partition coefficient (Wildman–Crippen LogP) is 2.38. The highest BCUT2D eigenvalue weighted by molar-refractivity contribution is 7.80. The van der Waals surface area contributed by atoms with Gasteiger partial charge in [-0.2, -0.15) is 0 Å². The van der Waals surface area contributed by atoms with Crippen molar-refractivity contribution in [1.82, 2.24) is 19.8 Å². The maximum Gasteiger partial charge on any atom is 0.173 e. The summed E-state index contributed by atoms with van der Waals surface area (Å²) in [6.45, 7) is 4.96. The van der Waals surface area contributed by atoms with Crippen molar-refractivity contribution >= 4 is 23.0 Å². The zero-order valence-corrected chi connectivity index (χ0v) is 13.9. The largest absolute Gasteiger partial charge is 0.348 e. The number of hydrogen-bond donors (Lipinski definition) is 1. The monoisotopic (exact) mass is 327 g/mol. The molecule has 120 valence electrons. The Bertz CT molecular complexity index is 619. The molecule has 0 spiro atoms. The molecule has 0 bridgehead atoms. The molecule has 5 nitrogen and oxygen atoms in total. The van der Waals surface area contributed by atoms with E-state index in [4.69, 9.17) is 12.2 Å². The molecule has 1 saturated heterocycles. The van der Waals surface area contributed by atoms with E-state index in [-0.39, 0.29) is 0 Å². The van der Waals surface area contributed by atoms with Gasteiger partial charge < -0.3 is 10.2 Å². The van der Waals surface area contributed by atoms with Crippen LogP contribution in [0, 0.1) is 0 Å². The number of thiocarbonyl (C=S) groups is 1. The van der Waals surface area contributed by atoms with Crippen LogP contribution < -0.4 is 5.32 Å². The normalized spacial score (nSPS) is 15.9. The molecule has 3 heterocycles. The number of aromatic nitrogens is 2. The van der Waals surface area contributed by atoms with Crippen molar-refractivity contribution in [3.05, 3.63) is 54.6 Å². The van der Waals surface area contributed by atoms with Crippen LogP contribution in [0.1, 0.15) is 12.0 Å². The van der Waals surface area contributed by atoms with Crippen molar-refractivity contribution in [3.63, 3.8) is 0 Å². The van der Waals surface area contributed by atoms with E-state index in [1.807, 2.05) is 30.6 Å². The Morgan fingerprint density at radius 3 is 2.61 bits per heavy atom. The van der Waals surface area contributed by atoms with E-state index >= 15 is 0 Å². The zero-order valence-electron chi connectivity index (χ0n) is 13.1. The minimum atomic E-state index is 0.779. The second-order valence-corrected chi connectivity index (χ2v) is 6.04. The van der Waals surface area contributed by atoms with Gasteiger partial charge in [-0.15, -0.1) is 0 Å². The molecule has 0 atom stereocenters. The van der Waals surface area contributed by atoms with Gasteiger partial charge >= 0.3 is 0 Å². The zero-order chi connectivity index (χ0) is 15.9. The summed E-state index contributed by atoms with van der Waals surface area (Å²) in [4.78, 5) is 13.0. The van der Waals surface area contributed by atoms with Crippen LogP contribution in [0.4, 0.5) is 5.69 Å². The minimum Gasteiger partial charge on any atom is -0.348 e. The summed E-state index contributed by atoms with van der Waals surface area (Å²) in [6, 6.07) is 8.01. The lowest BCUT2D eigenvalue weighted by atomic mass is 10.2. The molecule has 0 aromatic carbocycles. The first kappa shape index (κ1) is 15.8. The molecule has 2 aromatic rings. The molecule has 23 heavy (non-hydrogen) atoms. The van der Waals surface area contributed by atoms with Gasteiger partial charge in [0.25, 0.3) is 0 Å². The number of anilines is 1. The lowest BCUT2D eigenvalue weighted by Gasteiger charge is -2.24. The highest BCUT2D eigenvalue weighted by Gasteiger charge is 2.17. The highest BCUT2D eigenvalue weighted by atomic mass is 32.1. The third-order valence-corrected chi connectivity index (χ3v) is 4.28. The molecular weight excluding hydrogens is 306 g/mol. The van der Waals surface area contributed by atoms with Crippen LogP contribution in [-0.4, -0.2) is 51.1 Å². The Morgan fingerprint density at radius 1 is 1.04 bits per heavy atom. The Balaban J connectivity index is 1.53. The minimum absolute atomic E-state index is 0.779. The first-order valence-corrected chi connectivity index (χ1v) is 8.29. The van der Waals surface area contributed by atoms with Gasteiger partial charge in [-0.3, -0.25) is 14.9 Å². The SMILES string of the molecule is S=C(Nc1cccnc1)N1CCCN(Cc2cccnc2)CC1. The van der Waals surface area contributed by atoms with Gasteiger partial charge in [0.05, 0.1) is 11.9 Å². The molecule has 1 fully saturated rings. The molecule has 3 rings (SSSR count). The lowest BCUT2D eigenvalue weighted by Crippen LogP contribution is -2.37. The van der Waals surface area contributed by atoms with Crippen LogP contribution in [0.2, 0.25) is 0 Å². The number of rotatable bonds is 3. The van der Waals surface area contributed by atoms with Crippen molar-refractivity contribution in [2.75, 3.05) is 31.5 Å². The fourth-order valence-corrected chi connectivity index (χ4v) is 3.02. The van der Waals surface area contributed by atoms with E-state index in [9.17, 15) is 0 Å². The van der Waals surface area contributed by atoms with Crippen LogP contribution in [0.5, 0.6) is 0 Å². The third kappa shape index (κ3) is 4.71. The molecule has 1 N–H and O–H groups in total. The quantitative estimate of drug-likeness (QED) is 0.873. The summed E-state index contributed by atoms with van der Waals surface area (Å²) < 4.78 is 0.